The Hall–Kier alpha value is -3.05. The average molecular weight is 412 g/mol. The van der Waals surface area contributed by atoms with Crippen molar-refractivity contribution in [2.45, 2.75) is 20.1 Å². The molecule has 0 amide bonds. The predicted molar refractivity (Wildman–Crippen MR) is 113 cm³/mol. The van der Waals surface area contributed by atoms with E-state index in [1.807, 2.05) is 36.4 Å². The highest BCUT2D eigenvalue weighted by molar-refractivity contribution is 6.31. The maximum Gasteiger partial charge on any atom is 0.231 e. The summed E-state index contributed by atoms with van der Waals surface area (Å²) in [6.07, 6.45) is 0. The Morgan fingerprint density at radius 2 is 1.76 bits per heavy atom. The predicted octanol–water partition coefficient (Wildman–Crippen LogP) is 5.58. The van der Waals surface area contributed by atoms with Crippen LogP contribution in [0.5, 0.6) is 23.0 Å². The quantitative estimate of drug-likeness (QED) is 0.550. The zero-order chi connectivity index (χ0) is 20.2. The molecule has 1 aliphatic rings. The molecule has 0 bridgehead atoms. The number of anilines is 1. The number of benzene rings is 3. The SMILES string of the molecule is COc1cc(CNc2ccc3c(c2)OCO3)c(Cl)cc1OCc1ccc(C)cc1. The first-order chi connectivity index (χ1) is 14.1. The summed E-state index contributed by atoms with van der Waals surface area (Å²) >= 11 is 6.50. The zero-order valence-electron chi connectivity index (χ0n) is 16.3. The van der Waals surface area contributed by atoms with Crippen molar-refractivity contribution in [3.8, 4) is 23.0 Å². The van der Waals surface area contributed by atoms with Crippen LogP contribution in [-0.4, -0.2) is 13.9 Å². The molecular formula is C23H22ClNO4. The molecular weight excluding hydrogens is 390 g/mol. The second-order valence-electron chi connectivity index (χ2n) is 6.79. The highest BCUT2D eigenvalue weighted by atomic mass is 35.5. The van der Waals surface area contributed by atoms with Crippen molar-refractivity contribution in [3.63, 3.8) is 0 Å². The minimum absolute atomic E-state index is 0.256. The Morgan fingerprint density at radius 1 is 0.966 bits per heavy atom. The summed E-state index contributed by atoms with van der Waals surface area (Å²) in [7, 11) is 1.62. The first kappa shape index (κ1) is 19.3. The highest BCUT2D eigenvalue weighted by Crippen LogP contribution is 2.36. The number of fused-ring (bicyclic) bond motifs is 1. The van der Waals surface area contributed by atoms with Gasteiger partial charge in [-0.1, -0.05) is 41.4 Å². The molecule has 1 aliphatic heterocycles. The fourth-order valence-corrected chi connectivity index (χ4v) is 3.25. The van der Waals surface area contributed by atoms with Crippen molar-refractivity contribution in [2.75, 3.05) is 19.2 Å². The zero-order valence-corrected chi connectivity index (χ0v) is 17.1. The van der Waals surface area contributed by atoms with Gasteiger partial charge in [0.25, 0.3) is 0 Å². The lowest BCUT2D eigenvalue weighted by Gasteiger charge is -2.15. The van der Waals surface area contributed by atoms with E-state index in [2.05, 4.69) is 24.4 Å². The van der Waals surface area contributed by atoms with Crippen molar-refractivity contribution in [3.05, 3.63) is 76.3 Å². The molecule has 0 aromatic heterocycles. The Kier molecular flexibility index (Phi) is 5.67. The molecule has 3 aromatic carbocycles. The Balaban J connectivity index is 1.44. The van der Waals surface area contributed by atoms with Gasteiger partial charge in [-0.3, -0.25) is 0 Å². The van der Waals surface area contributed by atoms with E-state index in [4.69, 9.17) is 30.5 Å². The summed E-state index contributed by atoms with van der Waals surface area (Å²) in [6.45, 7) is 3.30. The normalized spacial score (nSPS) is 12.0. The second-order valence-corrected chi connectivity index (χ2v) is 7.20. The van der Waals surface area contributed by atoms with Gasteiger partial charge in [0, 0.05) is 29.4 Å². The van der Waals surface area contributed by atoms with Crippen LogP contribution >= 0.6 is 11.6 Å². The molecule has 150 valence electrons. The summed E-state index contributed by atoms with van der Waals surface area (Å²) in [5, 5.41) is 3.96. The van der Waals surface area contributed by atoms with E-state index in [0.717, 1.165) is 28.3 Å². The minimum atomic E-state index is 0.256. The Labute approximate surface area is 175 Å². The number of rotatable bonds is 7. The van der Waals surface area contributed by atoms with Gasteiger partial charge in [-0.05, 0) is 36.2 Å². The number of ether oxygens (including phenoxy) is 4. The van der Waals surface area contributed by atoms with E-state index < -0.39 is 0 Å². The van der Waals surface area contributed by atoms with E-state index in [1.165, 1.54) is 5.56 Å². The maximum atomic E-state index is 6.50. The van der Waals surface area contributed by atoms with Gasteiger partial charge >= 0.3 is 0 Å². The van der Waals surface area contributed by atoms with Crippen molar-refractivity contribution in [1.82, 2.24) is 0 Å². The highest BCUT2D eigenvalue weighted by Gasteiger charge is 2.14. The third kappa shape index (κ3) is 4.51. The molecule has 6 heteroatoms. The lowest BCUT2D eigenvalue weighted by Crippen LogP contribution is -2.03. The van der Waals surface area contributed by atoms with Gasteiger partial charge in [0.15, 0.2) is 23.0 Å². The van der Waals surface area contributed by atoms with E-state index in [0.29, 0.717) is 29.7 Å². The number of hydrogen-bond donors (Lipinski definition) is 1. The number of methoxy groups -OCH3 is 1. The van der Waals surface area contributed by atoms with Crippen LogP contribution in [0.1, 0.15) is 16.7 Å². The van der Waals surface area contributed by atoms with Gasteiger partial charge in [-0.25, -0.2) is 0 Å². The number of aryl methyl sites for hydroxylation is 1. The Bertz CT molecular complexity index is 1000. The fourth-order valence-electron chi connectivity index (χ4n) is 3.03. The van der Waals surface area contributed by atoms with Crippen LogP contribution in [-0.2, 0) is 13.2 Å². The molecule has 0 fully saturated rings. The fraction of sp³-hybridized carbons (Fsp3) is 0.217. The summed E-state index contributed by atoms with van der Waals surface area (Å²) < 4.78 is 22.2. The molecule has 29 heavy (non-hydrogen) atoms. The van der Waals surface area contributed by atoms with Gasteiger partial charge in [0.05, 0.1) is 7.11 Å². The topological polar surface area (TPSA) is 49.0 Å². The molecule has 0 saturated carbocycles. The van der Waals surface area contributed by atoms with Gasteiger partial charge in [-0.15, -0.1) is 0 Å². The molecule has 4 rings (SSSR count). The summed E-state index contributed by atoms with van der Waals surface area (Å²) in [5.41, 5.74) is 4.13. The molecule has 0 saturated heterocycles. The van der Waals surface area contributed by atoms with Crippen LogP contribution in [0, 0.1) is 6.92 Å². The number of nitrogens with one attached hydrogen (secondary N) is 1. The molecule has 0 radical (unpaired) electrons. The first-order valence-corrected chi connectivity index (χ1v) is 9.68. The van der Waals surface area contributed by atoms with Gasteiger partial charge < -0.3 is 24.3 Å². The molecule has 0 atom stereocenters. The molecule has 1 heterocycles. The third-order valence-corrected chi connectivity index (χ3v) is 5.05. The van der Waals surface area contributed by atoms with E-state index >= 15 is 0 Å². The second kappa shape index (κ2) is 8.53. The largest absolute Gasteiger partial charge is 0.493 e. The van der Waals surface area contributed by atoms with Crippen molar-refractivity contribution < 1.29 is 18.9 Å². The summed E-state index contributed by atoms with van der Waals surface area (Å²) in [6, 6.07) is 17.7. The van der Waals surface area contributed by atoms with Crippen LogP contribution in [0.15, 0.2) is 54.6 Å². The standard InChI is InChI=1S/C23H22ClNO4/c1-15-3-5-16(6-4-15)13-27-23-11-19(24)17(9-21(23)26-2)12-25-18-7-8-20-22(10-18)29-14-28-20/h3-11,25H,12-14H2,1-2H3. The Morgan fingerprint density at radius 3 is 2.55 bits per heavy atom. The maximum absolute atomic E-state index is 6.50. The molecule has 0 unspecified atom stereocenters. The van der Waals surface area contributed by atoms with Crippen LogP contribution in [0.25, 0.3) is 0 Å². The van der Waals surface area contributed by atoms with Crippen LogP contribution in [0.4, 0.5) is 5.69 Å². The molecule has 1 N–H and O–H groups in total. The smallest absolute Gasteiger partial charge is 0.231 e. The van der Waals surface area contributed by atoms with Crippen molar-refractivity contribution in [1.29, 1.82) is 0 Å². The van der Waals surface area contributed by atoms with Gasteiger partial charge in [-0.2, -0.15) is 0 Å². The molecule has 0 aliphatic carbocycles. The third-order valence-electron chi connectivity index (χ3n) is 4.70. The minimum Gasteiger partial charge on any atom is -0.493 e. The summed E-state index contributed by atoms with van der Waals surface area (Å²) in [4.78, 5) is 0. The van der Waals surface area contributed by atoms with Crippen LogP contribution in [0.3, 0.4) is 0 Å². The first-order valence-electron chi connectivity index (χ1n) is 9.30. The average Bonchev–Trinajstić information content (AvgIpc) is 3.20. The molecule has 0 spiro atoms. The van der Waals surface area contributed by atoms with E-state index in [9.17, 15) is 0 Å². The molecule has 5 nitrogen and oxygen atoms in total. The van der Waals surface area contributed by atoms with E-state index in [-0.39, 0.29) is 6.79 Å². The lowest BCUT2D eigenvalue weighted by molar-refractivity contribution is 0.174. The number of hydrogen-bond acceptors (Lipinski definition) is 5. The summed E-state index contributed by atoms with van der Waals surface area (Å²) in [5.74, 6) is 2.75. The van der Waals surface area contributed by atoms with Crippen LogP contribution in [0.2, 0.25) is 5.02 Å². The van der Waals surface area contributed by atoms with Crippen molar-refractivity contribution >= 4 is 17.3 Å². The van der Waals surface area contributed by atoms with Crippen LogP contribution < -0.4 is 24.3 Å². The van der Waals surface area contributed by atoms with Gasteiger partial charge in [0.1, 0.15) is 6.61 Å². The molecule has 3 aromatic rings. The number of halogens is 1. The monoisotopic (exact) mass is 411 g/mol. The van der Waals surface area contributed by atoms with Crippen molar-refractivity contribution in [2.24, 2.45) is 0 Å². The van der Waals surface area contributed by atoms with Gasteiger partial charge in [0.2, 0.25) is 6.79 Å². The van der Waals surface area contributed by atoms with E-state index in [1.54, 1.807) is 13.2 Å². The lowest BCUT2D eigenvalue weighted by atomic mass is 10.1.